The molecule has 0 bridgehead atoms. The molecule has 4 fully saturated rings. The van der Waals surface area contributed by atoms with Gasteiger partial charge in [-0.15, -0.1) is 0 Å². The smallest absolute Gasteiger partial charge is 0.445 e. The molecule has 0 spiro atoms. The molecule has 30 heteroatoms. The third-order valence-corrected chi connectivity index (χ3v) is 22.1. The number of hydrogen-bond donors (Lipinski definition) is 5. The van der Waals surface area contributed by atoms with Crippen LogP contribution >= 0.6 is 11.6 Å². The zero-order valence-corrected chi connectivity index (χ0v) is 77.7. The summed E-state index contributed by atoms with van der Waals surface area (Å²) >= 11 is 5.83. The van der Waals surface area contributed by atoms with E-state index >= 15 is 0 Å². The van der Waals surface area contributed by atoms with Gasteiger partial charge in [0.1, 0.15) is 59.4 Å². The first-order valence-corrected chi connectivity index (χ1v) is 44.1. The molecule has 5 aromatic heterocycles. The molecule has 0 radical (unpaired) electrons. The van der Waals surface area contributed by atoms with E-state index in [1.807, 2.05) is 199 Å². The molecule has 11 heterocycles. The maximum atomic E-state index is 12.4. The molecule has 5 amide bonds. The lowest BCUT2D eigenvalue weighted by Gasteiger charge is -2.41. The van der Waals surface area contributed by atoms with Gasteiger partial charge in [0.2, 0.25) is 0 Å². The molecular weight excluding hydrogens is 1630 g/mol. The molecule has 0 aliphatic carbocycles. The molecule has 14 rings (SSSR count). The van der Waals surface area contributed by atoms with Gasteiger partial charge in [0.05, 0.1) is 34.5 Å². The van der Waals surface area contributed by atoms with Gasteiger partial charge in [-0.1, -0.05) is 84.4 Å². The fraction of sp³-hybridized carbons (Fsp3) is 0.474. The first-order chi connectivity index (χ1) is 60.1. The molecule has 127 heavy (non-hydrogen) atoms. The molecule has 28 nitrogen and oxygen atoms in total. The topological polar surface area (TPSA) is 335 Å². The van der Waals surface area contributed by atoms with Crippen molar-refractivity contribution in [2.24, 2.45) is 0 Å². The number of morpholine rings is 1. The number of pyridine rings is 5. The number of rotatable bonds is 14. The summed E-state index contributed by atoms with van der Waals surface area (Å²) in [5.41, 5.74) is 17.3. The van der Waals surface area contributed by atoms with Crippen molar-refractivity contribution in [2.45, 2.75) is 228 Å². The predicted molar refractivity (Wildman–Crippen MR) is 499 cm³/mol. The van der Waals surface area contributed by atoms with E-state index in [9.17, 15) is 29.2 Å². The second kappa shape index (κ2) is 44.5. The Morgan fingerprint density at radius 3 is 1.59 bits per heavy atom. The van der Waals surface area contributed by atoms with Crippen LogP contribution in [0.2, 0.25) is 5.02 Å². The zero-order chi connectivity index (χ0) is 92.0. The summed E-state index contributed by atoms with van der Waals surface area (Å²) in [5.74, 6) is 3.09. The van der Waals surface area contributed by atoms with Crippen LogP contribution in [0.15, 0.2) is 157 Å². The highest BCUT2D eigenvalue weighted by atomic mass is 35.5. The van der Waals surface area contributed by atoms with E-state index in [4.69, 9.17) is 55.1 Å². The van der Waals surface area contributed by atoms with Gasteiger partial charge in [0.15, 0.2) is 0 Å². The summed E-state index contributed by atoms with van der Waals surface area (Å²) in [7, 11) is -0.326. The number of amides is 5. The second-order valence-electron chi connectivity index (χ2n) is 36.8. The quantitative estimate of drug-likeness (QED) is 0.0499. The van der Waals surface area contributed by atoms with Crippen LogP contribution in [-0.4, -0.2) is 189 Å². The molecule has 4 saturated heterocycles. The molecule has 8 aromatic rings. The Labute approximate surface area is 753 Å². The molecule has 6 aliphatic heterocycles. The Morgan fingerprint density at radius 2 is 1.09 bits per heavy atom. The van der Waals surface area contributed by atoms with Crippen molar-refractivity contribution in [3.8, 4) is 6.07 Å². The summed E-state index contributed by atoms with van der Waals surface area (Å²) in [6, 6.07) is 44.9. The van der Waals surface area contributed by atoms with Gasteiger partial charge in [-0.05, 0) is 313 Å². The van der Waals surface area contributed by atoms with Crippen LogP contribution in [0, 0.1) is 39.0 Å². The minimum atomic E-state index is -0.582. The Bertz CT molecular complexity index is 5120. The van der Waals surface area contributed by atoms with Gasteiger partial charge in [0, 0.05) is 90.9 Å². The molecule has 6 N–H and O–H groups in total. The molecule has 0 unspecified atom stereocenters. The van der Waals surface area contributed by atoms with Gasteiger partial charge in [-0.25, -0.2) is 43.9 Å². The van der Waals surface area contributed by atoms with E-state index in [0.29, 0.717) is 84.9 Å². The highest BCUT2D eigenvalue weighted by Gasteiger charge is 2.52. The molecular formula is C97H127BClN15O13. The predicted octanol–water partition coefficient (Wildman–Crippen LogP) is 19.2. The molecule has 678 valence electrons. The fourth-order valence-corrected chi connectivity index (χ4v) is 15.6. The number of carbonyl (C=O) groups excluding carboxylic acids is 5. The summed E-state index contributed by atoms with van der Waals surface area (Å²) in [5, 5.41) is 22.4. The maximum absolute atomic E-state index is 12.4. The molecule has 0 saturated carbocycles. The van der Waals surface area contributed by atoms with Gasteiger partial charge in [0.25, 0.3) is 0 Å². The number of nitriles is 1. The summed E-state index contributed by atoms with van der Waals surface area (Å²) in [6.07, 6.45) is 9.84. The number of aromatic nitrogens is 5. The number of hydrogen-bond acceptors (Lipinski definition) is 23. The lowest BCUT2D eigenvalue weighted by molar-refractivity contribution is -0.0349. The minimum absolute atomic E-state index is 0.140. The number of ether oxygens (including phenoxy) is 6. The number of piperidine rings is 2. The number of likely N-dealkylation sites (tertiary alicyclic amines) is 1. The van der Waals surface area contributed by atoms with Crippen LogP contribution in [-0.2, 0) is 50.9 Å². The van der Waals surface area contributed by atoms with E-state index in [1.165, 1.54) is 11.1 Å². The van der Waals surface area contributed by atoms with Gasteiger partial charge in [-0.3, -0.25) is 20.9 Å². The number of anilines is 5. The number of benzene rings is 3. The lowest BCUT2D eigenvalue weighted by atomic mass is 9.75. The third kappa shape index (κ3) is 31.0. The van der Waals surface area contributed by atoms with Crippen molar-refractivity contribution in [2.75, 3.05) is 98.6 Å². The monoisotopic (exact) mass is 1760 g/mol. The summed E-state index contributed by atoms with van der Waals surface area (Å²) in [4.78, 5) is 89.9. The number of carbonyl (C=O) groups is 5. The highest BCUT2D eigenvalue weighted by molar-refractivity contribution is 6.54. The van der Waals surface area contributed by atoms with Crippen LogP contribution in [0.4, 0.5) is 52.9 Å². The van der Waals surface area contributed by atoms with Gasteiger partial charge < -0.3 is 68.4 Å². The van der Waals surface area contributed by atoms with Crippen molar-refractivity contribution in [3.05, 3.63) is 218 Å². The average molecular weight is 1760 g/mol. The average Bonchev–Trinajstić information content (AvgIpc) is 1.60. The summed E-state index contributed by atoms with van der Waals surface area (Å²) < 4.78 is 45.0. The number of nitrogens with one attached hydrogen (secondary N) is 4. The second-order valence-corrected chi connectivity index (χ2v) is 37.2. The third-order valence-electron chi connectivity index (χ3n) is 21.9. The van der Waals surface area contributed by atoms with Crippen molar-refractivity contribution in [1.29, 1.82) is 5.26 Å². The summed E-state index contributed by atoms with van der Waals surface area (Å²) in [6.45, 7) is 43.8. The van der Waals surface area contributed by atoms with E-state index in [0.717, 1.165) is 145 Å². The number of nitrogens with two attached hydrogens (primary N) is 1. The number of fused-ring (bicyclic) bond motifs is 1. The number of nitrogen functional groups attached to an aromatic ring is 1. The molecule has 6 aliphatic rings. The standard InChI is InChI=1S/C27H32N6O.C24H29N3O4.C19H26BNO4.C16H25N3O2.C11H15ClN2O2/c1-18-12-22(13-26(29)31-18)20-7-10-32(11-8-20)16-23-17-33(15-19(2)34-23)25-6-5-21(14-28)27-24(25)4-3-9-30-27;1-17-14-20(15-21(25-17)26-22(28)31-24(2,3)4)19-10-12-27(13-11-19)23(29)30-16-18-8-6-5-7-9-18;1-18(2)19(3,4)25-20(24-18)16-10-12-21(13-11-16)17(22)23-14-15-8-6-5-7-9-15;1-11-9-13(12-5-7-17-8-6-12)10-14(18-11)19-15(20)21-16(2,3)4;1-7-5-8(12)6-9(13-7)14-10(15)16-11(2,3)4/h3-6,9,12-13,19-20,23H,7-8,10-11,15-17H2,1-2H3,(H2,29,31);5-10,14-15H,11-13,16H2,1-4H3,(H,25,26,28);5-10H,11-14H2,1-4H3;9-10,12,17H,5-8H2,1-4H3,(H,18,19,20);5-6H,1-4H3,(H,13,14,15)/t19-,23+;;;;/m1..../s1. The van der Waals surface area contributed by atoms with E-state index in [1.54, 1.807) is 55.8 Å². The Morgan fingerprint density at radius 1 is 0.591 bits per heavy atom. The van der Waals surface area contributed by atoms with E-state index < -0.39 is 35.1 Å². The fourth-order valence-electron chi connectivity index (χ4n) is 15.3. The van der Waals surface area contributed by atoms with Crippen molar-refractivity contribution >= 4 is 94.6 Å². The lowest BCUT2D eigenvalue weighted by Crippen LogP contribution is -2.51. The van der Waals surface area contributed by atoms with Crippen molar-refractivity contribution < 1.29 is 61.7 Å². The van der Waals surface area contributed by atoms with Gasteiger partial charge in [-0.2, -0.15) is 5.26 Å². The highest BCUT2D eigenvalue weighted by Crippen LogP contribution is 2.41. The maximum Gasteiger partial charge on any atom is 0.490 e. The Hall–Kier alpha value is -11.3. The number of aryl methyl sites for hydroxylation is 4. The van der Waals surface area contributed by atoms with Crippen LogP contribution in [0.5, 0.6) is 0 Å². The normalized spacial score (nSPS) is 17.7. The zero-order valence-electron chi connectivity index (χ0n) is 77.0. The van der Waals surface area contributed by atoms with Crippen molar-refractivity contribution in [3.63, 3.8) is 0 Å². The SMILES string of the molecule is CC1(C)OB(C2=CCN(C(=O)OCc3ccccc3)CC2)OC1(C)C.Cc1cc(C2=CCN(C(=O)OCc3ccccc3)CC2)cc(NC(=O)OC(C)(C)C)n1.Cc1cc(C2CCN(C[C@H]3CN(c4ccc(C#N)c5ncccc45)C[C@@H](C)O3)CC2)cc(N)n1.Cc1cc(C2CCNCC2)cc(NC(=O)OC(C)(C)C)n1.Cc1cc(Cl)cc(NC(=O)OC(C)(C)C)n1. The van der Waals surface area contributed by atoms with Crippen LogP contribution in [0.1, 0.15) is 203 Å². The molecule has 3 aromatic carbocycles. The molecule has 2 atom stereocenters. The van der Waals surface area contributed by atoms with Crippen LogP contribution < -0.4 is 31.9 Å². The number of halogens is 1. The van der Waals surface area contributed by atoms with Gasteiger partial charge >= 0.3 is 37.6 Å². The first kappa shape index (κ1) is 97.9. The Balaban J connectivity index is 0.000000169. The van der Waals surface area contributed by atoms with E-state index in [2.05, 4.69) is 93.2 Å². The minimum Gasteiger partial charge on any atom is -0.445 e. The number of nitrogens with zero attached hydrogens (tertiary/aromatic N) is 10. The van der Waals surface area contributed by atoms with Crippen molar-refractivity contribution in [1.82, 2.24) is 44.9 Å². The first-order valence-electron chi connectivity index (χ1n) is 43.7. The van der Waals surface area contributed by atoms with Crippen LogP contribution in [0.25, 0.3) is 16.5 Å². The largest absolute Gasteiger partial charge is 0.490 e. The Kier molecular flexibility index (Phi) is 34.3. The van der Waals surface area contributed by atoms with E-state index in [-0.39, 0.29) is 49.3 Å². The van der Waals surface area contributed by atoms with Crippen LogP contribution in [0.3, 0.4) is 0 Å².